The number of aromatic nitrogens is 1. The zero-order chi connectivity index (χ0) is 25.2. The Hall–Kier alpha value is -4.41. The van der Waals surface area contributed by atoms with Crippen molar-refractivity contribution in [1.29, 1.82) is 5.26 Å². The first-order chi connectivity index (χ1) is 18.2. The van der Waals surface area contributed by atoms with Crippen LogP contribution in [-0.2, 0) is 6.61 Å². The van der Waals surface area contributed by atoms with Gasteiger partial charge in [0.2, 0.25) is 5.88 Å². The molecule has 5 aromatic rings. The molecule has 0 saturated carbocycles. The van der Waals surface area contributed by atoms with Crippen LogP contribution in [0, 0.1) is 11.3 Å². The number of pyridine rings is 1. The van der Waals surface area contributed by atoms with E-state index >= 15 is 0 Å². The Morgan fingerprint density at radius 3 is 2.51 bits per heavy atom. The summed E-state index contributed by atoms with van der Waals surface area (Å²) >= 11 is 1.46. The predicted molar refractivity (Wildman–Crippen MR) is 147 cm³/mol. The van der Waals surface area contributed by atoms with Gasteiger partial charge in [-0.1, -0.05) is 60.7 Å². The summed E-state index contributed by atoms with van der Waals surface area (Å²) in [5.74, 6) is 0.399. The summed E-state index contributed by atoms with van der Waals surface area (Å²) in [6, 6.07) is 28.4. The molecule has 1 aliphatic rings. The van der Waals surface area contributed by atoms with Crippen LogP contribution in [0.4, 0.5) is 5.69 Å². The number of nitrogens with zero attached hydrogens (tertiary/aromatic N) is 4. The van der Waals surface area contributed by atoms with Crippen molar-refractivity contribution in [3.05, 3.63) is 100 Å². The van der Waals surface area contributed by atoms with Gasteiger partial charge in [0.1, 0.15) is 18.2 Å². The van der Waals surface area contributed by atoms with Crippen LogP contribution < -0.4 is 9.64 Å². The first-order valence-electron chi connectivity index (χ1n) is 12.2. The molecule has 37 heavy (non-hydrogen) atoms. The monoisotopic (exact) mass is 504 g/mol. The summed E-state index contributed by atoms with van der Waals surface area (Å²) in [5, 5.41) is 15.4. The molecule has 182 valence electrons. The lowest BCUT2D eigenvalue weighted by atomic mass is 10.1. The SMILES string of the molecule is N#Cc1c(OCc2ccc3ccccc3c2)nc2ccccc2c1N1CCN(C(=O)c2cccs2)CC1. The molecular formula is C30H24N4O2S. The summed E-state index contributed by atoms with van der Waals surface area (Å²) in [4.78, 5) is 22.4. The third-order valence-corrected chi connectivity index (χ3v) is 7.61. The molecule has 0 bridgehead atoms. The van der Waals surface area contributed by atoms with Gasteiger partial charge in [0, 0.05) is 31.6 Å². The van der Waals surface area contributed by atoms with Gasteiger partial charge in [0.05, 0.1) is 16.1 Å². The number of anilines is 1. The van der Waals surface area contributed by atoms with Gasteiger partial charge in [-0.3, -0.25) is 4.79 Å². The lowest BCUT2D eigenvalue weighted by Gasteiger charge is -2.37. The molecule has 1 fully saturated rings. The van der Waals surface area contributed by atoms with Crippen molar-refractivity contribution in [2.75, 3.05) is 31.1 Å². The second-order valence-corrected chi connectivity index (χ2v) is 9.94. The molecule has 6 rings (SSSR count). The quantitative estimate of drug-likeness (QED) is 0.300. The first-order valence-corrected chi connectivity index (χ1v) is 13.1. The minimum atomic E-state index is 0.0640. The van der Waals surface area contributed by atoms with Gasteiger partial charge >= 0.3 is 0 Å². The maximum Gasteiger partial charge on any atom is 0.264 e. The minimum absolute atomic E-state index is 0.0640. The molecule has 0 spiro atoms. The average Bonchev–Trinajstić information content (AvgIpc) is 3.50. The maximum atomic E-state index is 12.8. The number of thiophene rings is 1. The van der Waals surface area contributed by atoms with Gasteiger partial charge in [-0.15, -0.1) is 11.3 Å². The molecule has 3 aromatic carbocycles. The molecule has 6 nitrogen and oxygen atoms in total. The van der Waals surface area contributed by atoms with E-state index in [1.165, 1.54) is 16.7 Å². The van der Waals surface area contributed by atoms with E-state index in [0.29, 0.717) is 44.2 Å². The fourth-order valence-corrected chi connectivity index (χ4v) is 5.57. The lowest BCUT2D eigenvalue weighted by Crippen LogP contribution is -2.49. The van der Waals surface area contributed by atoms with Crippen LogP contribution in [0.1, 0.15) is 20.8 Å². The summed E-state index contributed by atoms with van der Waals surface area (Å²) < 4.78 is 6.19. The topological polar surface area (TPSA) is 69.5 Å². The number of para-hydroxylation sites is 1. The van der Waals surface area contributed by atoms with E-state index in [0.717, 1.165) is 32.4 Å². The number of fused-ring (bicyclic) bond motifs is 2. The lowest BCUT2D eigenvalue weighted by molar-refractivity contribution is 0.0751. The minimum Gasteiger partial charge on any atom is -0.472 e. The van der Waals surface area contributed by atoms with Gasteiger partial charge < -0.3 is 14.5 Å². The number of ether oxygens (including phenoxy) is 1. The van der Waals surface area contributed by atoms with E-state index in [2.05, 4.69) is 35.2 Å². The Morgan fingerprint density at radius 1 is 0.946 bits per heavy atom. The Kier molecular flexibility index (Phi) is 6.17. The molecule has 1 aliphatic heterocycles. The molecule has 1 saturated heterocycles. The van der Waals surface area contributed by atoms with E-state index in [4.69, 9.17) is 9.72 Å². The fraction of sp³-hybridized carbons (Fsp3) is 0.167. The second kappa shape index (κ2) is 9.92. The van der Waals surface area contributed by atoms with Crippen LogP contribution in [-0.4, -0.2) is 42.0 Å². The Labute approximate surface area is 219 Å². The van der Waals surface area contributed by atoms with Crippen molar-refractivity contribution in [2.24, 2.45) is 0 Å². The van der Waals surface area contributed by atoms with Crippen LogP contribution in [0.25, 0.3) is 21.7 Å². The van der Waals surface area contributed by atoms with Crippen molar-refractivity contribution in [3.63, 3.8) is 0 Å². The maximum absolute atomic E-state index is 12.8. The van der Waals surface area contributed by atoms with Crippen molar-refractivity contribution in [2.45, 2.75) is 6.61 Å². The third-order valence-electron chi connectivity index (χ3n) is 6.75. The fourth-order valence-electron chi connectivity index (χ4n) is 4.88. The van der Waals surface area contributed by atoms with Gasteiger partial charge in [-0.25, -0.2) is 4.98 Å². The third kappa shape index (κ3) is 4.48. The number of nitriles is 1. The number of piperazine rings is 1. The first kappa shape index (κ1) is 23.0. The molecule has 7 heteroatoms. The van der Waals surface area contributed by atoms with Crippen molar-refractivity contribution in [3.8, 4) is 11.9 Å². The highest BCUT2D eigenvalue weighted by atomic mass is 32.1. The summed E-state index contributed by atoms with van der Waals surface area (Å²) in [6.45, 7) is 2.75. The standard InChI is InChI=1S/C30H24N4O2S/c31-19-25-28(33-13-15-34(16-14-33)30(35)27-10-5-17-37-27)24-8-3-4-9-26(24)32-29(25)36-20-21-11-12-22-6-1-2-7-23(22)18-21/h1-12,17-18H,13-16,20H2. The molecule has 3 heterocycles. The normalized spacial score (nSPS) is 13.6. The zero-order valence-electron chi connectivity index (χ0n) is 20.1. The number of rotatable bonds is 5. The van der Waals surface area contributed by atoms with E-state index in [1.807, 2.05) is 64.9 Å². The van der Waals surface area contributed by atoms with Crippen molar-refractivity contribution >= 4 is 44.6 Å². The summed E-state index contributed by atoms with van der Waals surface area (Å²) in [7, 11) is 0. The highest BCUT2D eigenvalue weighted by molar-refractivity contribution is 7.12. The zero-order valence-corrected chi connectivity index (χ0v) is 20.9. The molecule has 1 amide bonds. The number of carbonyl (C=O) groups excluding carboxylic acids is 1. The van der Waals surface area contributed by atoms with Gasteiger partial charge in [0.25, 0.3) is 5.91 Å². The Morgan fingerprint density at radius 2 is 1.73 bits per heavy atom. The van der Waals surface area contributed by atoms with Crippen molar-refractivity contribution < 1.29 is 9.53 Å². The molecule has 0 N–H and O–H groups in total. The molecule has 0 unspecified atom stereocenters. The smallest absolute Gasteiger partial charge is 0.264 e. The largest absolute Gasteiger partial charge is 0.472 e. The van der Waals surface area contributed by atoms with Crippen LogP contribution >= 0.6 is 11.3 Å². The average molecular weight is 505 g/mol. The van der Waals surface area contributed by atoms with Gasteiger partial charge in [-0.2, -0.15) is 5.26 Å². The van der Waals surface area contributed by atoms with E-state index in [-0.39, 0.29) is 5.91 Å². The molecule has 0 aliphatic carbocycles. The predicted octanol–water partition coefficient (Wildman–Crippen LogP) is 5.86. The van der Waals surface area contributed by atoms with Gasteiger partial charge in [-0.05, 0) is 39.9 Å². The second-order valence-electron chi connectivity index (χ2n) is 9.00. The van der Waals surface area contributed by atoms with E-state index < -0.39 is 0 Å². The molecular weight excluding hydrogens is 480 g/mol. The van der Waals surface area contributed by atoms with Crippen LogP contribution in [0.3, 0.4) is 0 Å². The molecule has 0 radical (unpaired) electrons. The van der Waals surface area contributed by atoms with E-state index in [9.17, 15) is 10.1 Å². The number of carbonyl (C=O) groups is 1. The highest BCUT2D eigenvalue weighted by Crippen LogP contribution is 2.36. The van der Waals surface area contributed by atoms with Gasteiger partial charge in [0.15, 0.2) is 0 Å². The number of hydrogen-bond acceptors (Lipinski definition) is 6. The Balaban J connectivity index is 1.29. The molecule has 0 atom stereocenters. The number of amides is 1. The number of benzene rings is 3. The number of hydrogen-bond donors (Lipinski definition) is 0. The highest BCUT2D eigenvalue weighted by Gasteiger charge is 2.27. The van der Waals surface area contributed by atoms with Crippen molar-refractivity contribution in [1.82, 2.24) is 9.88 Å². The summed E-state index contributed by atoms with van der Waals surface area (Å²) in [5.41, 5.74) is 3.05. The van der Waals surface area contributed by atoms with Crippen LogP contribution in [0.15, 0.2) is 84.2 Å². The van der Waals surface area contributed by atoms with E-state index in [1.54, 1.807) is 0 Å². The molecule has 2 aromatic heterocycles. The summed E-state index contributed by atoms with van der Waals surface area (Å²) in [6.07, 6.45) is 0. The Bertz CT molecular complexity index is 1630. The van der Waals surface area contributed by atoms with Crippen LogP contribution in [0.5, 0.6) is 5.88 Å². The van der Waals surface area contributed by atoms with Crippen LogP contribution in [0.2, 0.25) is 0 Å².